The monoisotopic (exact) mass is 284 g/mol. The Morgan fingerprint density at radius 3 is 3.11 bits per heavy atom. The number of carboxylic acids is 1. The summed E-state index contributed by atoms with van der Waals surface area (Å²) in [5, 5.41) is 13.4. The van der Waals surface area contributed by atoms with E-state index in [0.29, 0.717) is 13.0 Å². The van der Waals surface area contributed by atoms with E-state index in [0.717, 1.165) is 35.0 Å². The molecule has 0 bridgehead atoms. The number of thiazole rings is 1. The lowest BCUT2D eigenvalue weighted by Gasteiger charge is -2.16. The van der Waals surface area contributed by atoms with Crippen LogP contribution in [0.15, 0.2) is 0 Å². The van der Waals surface area contributed by atoms with Crippen LogP contribution in [-0.2, 0) is 16.0 Å². The quantitative estimate of drug-likeness (QED) is 0.839. The summed E-state index contributed by atoms with van der Waals surface area (Å²) in [5.41, 5.74) is 0.763. The van der Waals surface area contributed by atoms with Crippen molar-refractivity contribution in [3.63, 3.8) is 0 Å². The summed E-state index contributed by atoms with van der Waals surface area (Å²) in [5.74, 6) is -1.19. The SMILES string of the molecule is CCC(COC)Nc1nc2c(s1)CCCC2C(=O)O. The van der Waals surface area contributed by atoms with Gasteiger partial charge in [0.1, 0.15) is 5.92 Å². The first-order chi connectivity index (χ1) is 9.15. The molecule has 0 radical (unpaired) electrons. The standard InChI is InChI=1S/C13H20N2O3S/c1-3-8(7-18-2)14-13-15-11-9(12(16)17)5-4-6-10(11)19-13/h8-9H,3-7H2,1-2H3,(H,14,15)(H,16,17). The summed E-state index contributed by atoms with van der Waals surface area (Å²) in [6.45, 7) is 2.72. The van der Waals surface area contributed by atoms with Gasteiger partial charge in [-0.3, -0.25) is 4.79 Å². The molecule has 2 rings (SSSR count). The Labute approximate surface area is 117 Å². The van der Waals surface area contributed by atoms with Crippen molar-refractivity contribution in [3.8, 4) is 0 Å². The molecular weight excluding hydrogens is 264 g/mol. The van der Waals surface area contributed by atoms with E-state index in [9.17, 15) is 9.90 Å². The van der Waals surface area contributed by atoms with Gasteiger partial charge in [0.15, 0.2) is 5.13 Å². The third kappa shape index (κ3) is 3.25. The highest BCUT2D eigenvalue weighted by molar-refractivity contribution is 7.15. The predicted molar refractivity (Wildman–Crippen MR) is 75.0 cm³/mol. The van der Waals surface area contributed by atoms with Crippen LogP contribution < -0.4 is 5.32 Å². The molecule has 1 aliphatic carbocycles. The van der Waals surface area contributed by atoms with Crippen molar-refractivity contribution < 1.29 is 14.6 Å². The van der Waals surface area contributed by atoms with Crippen molar-refractivity contribution in [2.75, 3.05) is 19.0 Å². The van der Waals surface area contributed by atoms with E-state index in [1.54, 1.807) is 18.4 Å². The van der Waals surface area contributed by atoms with Gasteiger partial charge in [-0.25, -0.2) is 4.98 Å². The number of nitrogens with zero attached hydrogens (tertiary/aromatic N) is 1. The van der Waals surface area contributed by atoms with Crippen molar-refractivity contribution in [3.05, 3.63) is 10.6 Å². The number of aliphatic carboxylic acids is 1. The maximum Gasteiger partial charge on any atom is 0.312 e. The zero-order valence-corrected chi connectivity index (χ0v) is 12.1. The molecule has 106 valence electrons. The molecule has 1 aromatic heterocycles. The van der Waals surface area contributed by atoms with Crippen LogP contribution in [0.2, 0.25) is 0 Å². The van der Waals surface area contributed by atoms with E-state index in [-0.39, 0.29) is 6.04 Å². The Bertz CT molecular complexity index is 447. The Morgan fingerprint density at radius 2 is 2.47 bits per heavy atom. The summed E-state index contributed by atoms with van der Waals surface area (Å²) in [7, 11) is 1.68. The molecule has 0 aliphatic heterocycles. The summed E-state index contributed by atoms with van der Waals surface area (Å²) in [6, 6.07) is 0.223. The van der Waals surface area contributed by atoms with Crippen molar-refractivity contribution in [2.24, 2.45) is 0 Å². The molecule has 2 atom stereocenters. The van der Waals surface area contributed by atoms with Crippen LogP contribution in [-0.4, -0.2) is 35.8 Å². The average molecular weight is 284 g/mol. The van der Waals surface area contributed by atoms with Gasteiger partial charge in [0.2, 0.25) is 0 Å². The second-order valence-electron chi connectivity index (χ2n) is 4.82. The number of hydrogen-bond donors (Lipinski definition) is 2. The van der Waals surface area contributed by atoms with Gasteiger partial charge in [-0.15, -0.1) is 11.3 Å². The Morgan fingerprint density at radius 1 is 1.68 bits per heavy atom. The molecule has 0 saturated heterocycles. The second-order valence-corrected chi connectivity index (χ2v) is 5.90. The maximum atomic E-state index is 11.2. The topological polar surface area (TPSA) is 71.5 Å². The van der Waals surface area contributed by atoms with E-state index in [1.165, 1.54) is 0 Å². The normalized spacial score (nSPS) is 19.8. The minimum absolute atomic E-state index is 0.223. The minimum atomic E-state index is -0.762. The molecule has 2 N–H and O–H groups in total. The third-order valence-electron chi connectivity index (χ3n) is 3.44. The van der Waals surface area contributed by atoms with E-state index in [2.05, 4.69) is 17.2 Å². The van der Waals surface area contributed by atoms with Crippen molar-refractivity contribution in [1.29, 1.82) is 0 Å². The van der Waals surface area contributed by atoms with Crippen molar-refractivity contribution >= 4 is 22.4 Å². The van der Waals surface area contributed by atoms with Gasteiger partial charge < -0.3 is 15.2 Å². The second kappa shape index (κ2) is 6.34. The highest BCUT2D eigenvalue weighted by Gasteiger charge is 2.30. The minimum Gasteiger partial charge on any atom is -0.481 e. The number of fused-ring (bicyclic) bond motifs is 1. The van der Waals surface area contributed by atoms with Gasteiger partial charge in [0.25, 0.3) is 0 Å². The van der Waals surface area contributed by atoms with Crippen LogP contribution in [0.5, 0.6) is 0 Å². The first-order valence-corrected chi connectivity index (χ1v) is 7.45. The molecule has 0 amide bonds. The zero-order valence-electron chi connectivity index (χ0n) is 11.3. The third-order valence-corrected chi connectivity index (χ3v) is 4.50. The number of hydrogen-bond acceptors (Lipinski definition) is 5. The smallest absolute Gasteiger partial charge is 0.312 e. The molecule has 1 aliphatic rings. The molecular formula is C13H20N2O3S. The van der Waals surface area contributed by atoms with Gasteiger partial charge in [0.05, 0.1) is 18.3 Å². The summed E-state index contributed by atoms with van der Waals surface area (Å²) < 4.78 is 5.15. The number of anilines is 1. The van der Waals surface area contributed by atoms with Gasteiger partial charge in [0, 0.05) is 12.0 Å². The zero-order chi connectivity index (χ0) is 13.8. The largest absolute Gasteiger partial charge is 0.481 e. The molecule has 2 unspecified atom stereocenters. The maximum absolute atomic E-state index is 11.2. The highest BCUT2D eigenvalue weighted by atomic mass is 32.1. The lowest BCUT2D eigenvalue weighted by molar-refractivity contribution is -0.139. The van der Waals surface area contributed by atoms with Gasteiger partial charge >= 0.3 is 5.97 Å². The van der Waals surface area contributed by atoms with E-state index in [1.807, 2.05) is 0 Å². The van der Waals surface area contributed by atoms with Crippen molar-refractivity contribution in [2.45, 2.75) is 44.6 Å². The molecule has 0 fully saturated rings. The van der Waals surface area contributed by atoms with E-state index >= 15 is 0 Å². The van der Waals surface area contributed by atoms with Crippen LogP contribution in [0.3, 0.4) is 0 Å². The fourth-order valence-electron chi connectivity index (χ4n) is 2.36. The molecule has 1 heterocycles. The van der Waals surface area contributed by atoms with Crippen LogP contribution in [0.25, 0.3) is 0 Å². The fourth-order valence-corrected chi connectivity index (χ4v) is 3.50. The van der Waals surface area contributed by atoms with Gasteiger partial charge in [-0.05, 0) is 25.7 Å². The predicted octanol–water partition coefficient (Wildman–Crippen LogP) is 2.48. The molecule has 5 nitrogen and oxygen atoms in total. The molecule has 1 aromatic rings. The number of carbonyl (C=O) groups is 1. The number of aryl methyl sites for hydroxylation is 1. The van der Waals surface area contributed by atoms with Crippen LogP contribution in [0.4, 0.5) is 5.13 Å². The molecule has 19 heavy (non-hydrogen) atoms. The van der Waals surface area contributed by atoms with Gasteiger partial charge in [-0.1, -0.05) is 6.92 Å². The lowest BCUT2D eigenvalue weighted by Crippen LogP contribution is -2.23. The first-order valence-electron chi connectivity index (χ1n) is 6.63. The Kier molecular flexibility index (Phi) is 4.76. The number of ether oxygens (including phenoxy) is 1. The lowest BCUT2D eigenvalue weighted by atomic mass is 9.91. The summed E-state index contributed by atoms with van der Waals surface area (Å²) in [6.07, 6.45) is 3.52. The summed E-state index contributed by atoms with van der Waals surface area (Å²) >= 11 is 1.58. The first kappa shape index (κ1) is 14.3. The van der Waals surface area contributed by atoms with Crippen LogP contribution in [0.1, 0.15) is 42.7 Å². The number of rotatable bonds is 6. The van der Waals surface area contributed by atoms with E-state index in [4.69, 9.17) is 4.74 Å². The number of methoxy groups -OCH3 is 1. The molecule has 0 aromatic carbocycles. The molecule has 0 spiro atoms. The molecule has 0 saturated carbocycles. The van der Waals surface area contributed by atoms with Crippen LogP contribution >= 0.6 is 11.3 Å². The number of aromatic nitrogens is 1. The Balaban J connectivity index is 2.14. The number of nitrogens with one attached hydrogen (secondary N) is 1. The number of carboxylic acid groups (broad SMARTS) is 1. The van der Waals surface area contributed by atoms with Crippen molar-refractivity contribution in [1.82, 2.24) is 4.98 Å². The highest BCUT2D eigenvalue weighted by Crippen LogP contribution is 2.37. The average Bonchev–Trinajstić information content (AvgIpc) is 2.79. The summed E-state index contributed by atoms with van der Waals surface area (Å²) in [4.78, 5) is 16.8. The Hall–Kier alpha value is -1.14. The van der Waals surface area contributed by atoms with Crippen LogP contribution in [0, 0.1) is 0 Å². The molecule has 6 heteroatoms. The fraction of sp³-hybridized carbons (Fsp3) is 0.692. The van der Waals surface area contributed by atoms with E-state index < -0.39 is 11.9 Å². The van der Waals surface area contributed by atoms with Gasteiger partial charge in [-0.2, -0.15) is 0 Å².